The summed E-state index contributed by atoms with van der Waals surface area (Å²) in [5.74, 6) is 0. The van der Waals surface area contributed by atoms with Crippen LogP contribution in [-0.2, 0) is 11.3 Å². The fraction of sp³-hybridized carbons (Fsp3) is 0.500. The fourth-order valence-corrected chi connectivity index (χ4v) is 3.75. The molecule has 2 heterocycles. The molecule has 0 spiro atoms. The van der Waals surface area contributed by atoms with E-state index in [0.29, 0.717) is 11.7 Å². The van der Waals surface area contributed by atoms with E-state index in [1.165, 1.54) is 0 Å². The summed E-state index contributed by atoms with van der Waals surface area (Å²) in [5.41, 5.74) is 2.68. The number of nitrogens with zero attached hydrogens (tertiary/aromatic N) is 1. The van der Waals surface area contributed by atoms with Crippen LogP contribution < -0.4 is 15.8 Å². The molecule has 7 heteroatoms. The van der Waals surface area contributed by atoms with E-state index < -0.39 is 0 Å². The van der Waals surface area contributed by atoms with E-state index in [9.17, 15) is 4.79 Å². The standard InChI is InChI=1S/C20H28N4O2S/c1-15-5-3-6-16-13-17(19(25)22-18(15)16)14-24(20(27)21-2)8-4-7-23-9-11-26-12-10-23/h3,5-6,13H,4,7-12,14H2,1-2H3,(H,21,27)(H,22,25)/p+1. The lowest BCUT2D eigenvalue weighted by Gasteiger charge is -2.27. The summed E-state index contributed by atoms with van der Waals surface area (Å²) in [6, 6.07) is 8.04. The summed E-state index contributed by atoms with van der Waals surface area (Å²) in [6.45, 7) is 8.28. The zero-order valence-electron chi connectivity index (χ0n) is 16.1. The molecule has 0 saturated carbocycles. The van der Waals surface area contributed by atoms with Crippen LogP contribution in [0.1, 0.15) is 17.5 Å². The van der Waals surface area contributed by atoms with Gasteiger partial charge in [-0.05, 0) is 36.2 Å². The Morgan fingerprint density at radius 2 is 2.15 bits per heavy atom. The third-order valence-corrected chi connectivity index (χ3v) is 5.65. The molecule has 3 rings (SSSR count). The maximum Gasteiger partial charge on any atom is 0.253 e. The number of ether oxygens (including phenoxy) is 1. The van der Waals surface area contributed by atoms with Gasteiger partial charge in [0.1, 0.15) is 13.1 Å². The van der Waals surface area contributed by atoms with Crippen LogP contribution >= 0.6 is 12.2 Å². The number of hydrogen-bond donors (Lipinski definition) is 3. The van der Waals surface area contributed by atoms with Crippen molar-refractivity contribution in [3.8, 4) is 0 Å². The third-order valence-electron chi connectivity index (χ3n) is 5.19. The number of benzene rings is 1. The molecular formula is C20H29N4O2S+. The minimum Gasteiger partial charge on any atom is -0.370 e. The van der Waals surface area contributed by atoms with Crippen LogP contribution in [0.15, 0.2) is 29.1 Å². The molecule has 1 saturated heterocycles. The molecule has 3 N–H and O–H groups in total. The van der Waals surface area contributed by atoms with Gasteiger partial charge in [-0.3, -0.25) is 4.79 Å². The summed E-state index contributed by atoms with van der Waals surface area (Å²) in [5, 5.41) is 4.79. The van der Waals surface area contributed by atoms with Crippen molar-refractivity contribution in [3.63, 3.8) is 0 Å². The molecule has 2 aromatic rings. The number of quaternary nitrogens is 1. The molecule has 0 unspecified atom stereocenters. The van der Waals surface area contributed by atoms with Crippen molar-refractivity contribution >= 4 is 28.2 Å². The second-order valence-corrected chi connectivity index (χ2v) is 7.49. The molecule has 1 aromatic carbocycles. The number of nitrogens with one attached hydrogen (secondary N) is 3. The zero-order chi connectivity index (χ0) is 19.2. The lowest BCUT2D eigenvalue weighted by Crippen LogP contribution is -3.14. The van der Waals surface area contributed by atoms with Crippen LogP contribution in [0.2, 0.25) is 0 Å². The largest absolute Gasteiger partial charge is 0.370 e. The van der Waals surface area contributed by atoms with Crippen LogP contribution in [0.4, 0.5) is 0 Å². The van der Waals surface area contributed by atoms with Crippen molar-refractivity contribution in [3.05, 3.63) is 45.7 Å². The zero-order valence-corrected chi connectivity index (χ0v) is 17.0. The topological polar surface area (TPSA) is 61.8 Å². The Balaban J connectivity index is 1.70. The predicted octanol–water partition coefficient (Wildman–Crippen LogP) is 0.448. The maximum absolute atomic E-state index is 12.6. The van der Waals surface area contributed by atoms with E-state index in [-0.39, 0.29) is 5.56 Å². The second kappa shape index (κ2) is 9.30. The van der Waals surface area contributed by atoms with E-state index >= 15 is 0 Å². The quantitative estimate of drug-likeness (QED) is 0.626. The molecule has 0 radical (unpaired) electrons. The SMILES string of the molecule is CNC(=S)N(CCC[NH+]1CCOCC1)Cc1cc2cccc(C)c2[nH]c1=O. The van der Waals surface area contributed by atoms with Crippen molar-refractivity contribution in [1.82, 2.24) is 15.2 Å². The van der Waals surface area contributed by atoms with Crippen LogP contribution in [0.25, 0.3) is 10.9 Å². The first-order valence-corrected chi connectivity index (χ1v) is 9.99. The normalized spacial score (nSPS) is 15.0. The number of hydrogen-bond acceptors (Lipinski definition) is 3. The highest BCUT2D eigenvalue weighted by molar-refractivity contribution is 7.80. The Bertz CT molecular complexity index is 845. The number of aromatic nitrogens is 1. The van der Waals surface area contributed by atoms with Crippen LogP contribution in [0, 0.1) is 6.92 Å². The van der Waals surface area contributed by atoms with Crippen molar-refractivity contribution < 1.29 is 9.64 Å². The fourth-order valence-electron chi connectivity index (χ4n) is 3.59. The molecule has 1 aliphatic heterocycles. The van der Waals surface area contributed by atoms with Crippen molar-refractivity contribution in [2.75, 3.05) is 46.4 Å². The smallest absolute Gasteiger partial charge is 0.253 e. The minimum atomic E-state index is -0.0421. The van der Waals surface area contributed by atoms with Gasteiger partial charge >= 0.3 is 0 Å². The minimum absolute atomic E-state index is 0.0421. The molecule has 0 amide bonds. The lowest BCUT2D eigenvalue weighted by molar-refractivity contribution is -0.908. The number of thiocarbonyl (C=S) groups is 1. The van der Waals surface area contributed by atoms with Crippen LogP contribution in [0.5, 0.6) is 0 Å². The molecular weight excluding hydrogens is 360 g/mol. The molecule has 0 aliphatic carbocycles. The van der Waals surface area contributed by atoms with Gasteiger partial charge in [-0.15, -0.1) is 0 Å². The number of fused-ring (bicyclic) bond motifs is 1. The van der Waals surface area contributed by atoms with Gasteiger partial charge in [0, 0.05) is 25.6 Å². The highest BCUT2D eigenvalue weighted by atomic mass is 32.1. The van der Waals surface area contributed by atoms with E-state index in [2.05, 4.69) is 15.2 Å². The van der Waals surface area contributed by atoms with Crippen molar-refractivity contribution in [2.24, 2.45) is 0 Å². The second-order valence-electron chi connectivity index (χ2n) is 7.11. The molecule has 1 aliphatic rings. The van der Waals surface area contributed by atoms with E-state index in [4.69, 9.17) is 17.0 Å². The Morgan fingerprint density at radius 1 is 1.37 bits per heavy atom. The summed E-state index contributed by atoms with van der Waals surface area (Å²) < 4.78 is 5.42. The summed E-state index contributed by atoms with van der Waals surface area (Å²) >= 11 is 5.48. The van der Waals surface area contributed by atoms with Gasteiger partial charge in [-0.1, -0.05) is 18.2 Å². The van der Waals surface area contributed by atoms with Crippen LogP contribution in [-0.4, -0.2) is 61.4 Å². The Kier molecular flexibility index (Phi) is 6.82. The van der Waals surface area contributed by atoms with E-state index in [0.717, 1.165) is 67.8 Å². The first kappa shape index (κ1) is 19.8. The molecule has 0 bridgehead atoms. The summed E-state index contributed by atoms with van der Waals surface area (Å²) in [4.78, 5) is 19.3. The first-order valence-electron chi connectivity index (χ1n) is 9.58. The number of H-pyrrole nitrogens is 1. The number of pyridine rings is 1. The molecule has 146 valence electrons. The first-order chi connectivity index (χ1) is 13.1. The molecule has 1 aromatic heterocycles. The molecule has 6 nitrogen and oxygen atoms in total. The number of morpholine rings is 1. The van der Waals surface area contributed by atoms with Gasteiger partial charge in [0.05, 0.1) is 31.8 Å². The van der Waals surface area contributed by atoms with E-state index in [1.54, 1.807) is 4.90 Å². The predicted molar refractivity (Wildman–Crippen MR) is 112 cm³/mol. The Hall–Kier alpha value is -1.96. The number of rotatable bonds is 6. The Morgan fingerprint density at radius 3 is 2.89 bits per heavy atom. The van der Waals surface area contributed by atoms with Gasteiger partial charge in [0.15, 0.2) is 5.11 Å². The average molecular weight is 390 g/mol. The van der Waals surface area contributed by atoms with Gasteiger partial charge in [-0.2, -0.15) is 0 Å². The number of aromatic amines is 1. The van der Waals surface area contributed by atoms with Gasteiger partial charge in [0.25, 0.3) is 5.56 Å². The van der Waals surface area contributed by atoms with Gasteiger partial charge < -0.3 is 24.8 Å². The van der Waals surface area contributed by atoms with Crippen molar-refractivity contribution in [2.45, 2.75) is 19.9 Å². The maximum atomic E-state index is 12.6. The van der Waals surface area contributed by atoms with Crippen molar-refractivity contribution in [1.29, 1.82) is 0 Å². The van der Waals surface area contributed by atoms with Gasteiger partial charge in [0.2, 0.25) is 0 Å². The van der Waals surface area contributed by atoms with E-state index in [1.807, 2.05) is 38.2 Å². The highest BCUT2D eigenvalue weighted by Crippen LogP contribution is 2.15. The molecule has 27 heavy (non-hydrogen) atoms. The lowest BCUT2D eigenvalue weighted by atomic mass is 10.1. The average Bonchev–Trinajstić information content (AvgIpc) is 2.68. The van der Waals surface area contributed by atoms with Crippen LogP contribution in [0.3, 0.4) is 0 Å². The summed E-state index contributed by atoms with van der Waals surface area (Å²) in [6.07, 6.45) is 1.03. The Labute approximate surface area is 165 Å². The third kappa shape index (κ3) is 5.06. The molecule has 0 atom stereocenters. The monoisotopic (exact) mass is 389 g/mol. The summed E-state index contributed by atoms with van der Waals surface area (Å²) in [7, 11) is 1.83. The number of aryl methyl sites for hydroxylation is 1. The highest BCUT2D eigenvalue weighted by Gasteiger charge is 2.16. The van der Waals surface area contributed by atoms with Gasteiger partial charge in [-0.25, -0.2) is 0 Å². The number of para-hydroxylation sites is 1. The molecule has 1 fully saturated rings.